The molecule has 0 saturated heterocycles. The van der Waals surface area contributed by atoms with Crippen molar-refractivity contribution < 1.29 is 4.79 Å². The van der Waals surface area contributed by atoms with Crippen LogP contribution < -0.4 is 10.6 Å². The Balaban J connectivity index is 1.82. The highest BCUT2D eigenvalue weighted by atomic mass is 16.2. The maximum atomic E-state index is 11.9. The van der Waals surface area contributed by atoms with Crippen LogP contribution in [0, 0.1) is 5.92 Å². The molecule has 0 saturated carbocycles. The molecule has 1 aromatic heterocycles. The van der Waals surface area contributed by atoms with Crippen molar-refractivity contribution in [1.29, 1.82) is 0 Å². The van der Waals surface area contributed by atoms with Gasteiger partial charge in [0.1, 0.15) is 0 Å². The zero-order valence-corrected chi connectivity index (χ0v) is 10.4. The molecular weight excluding hydrogens is 216 g/mol. The minimum Gasteiger partial charge on any atom is -0.355 e. The van der Waals surface area contributed by atoms with Gasteiger partial charge in [0.25, 0.3) is 0 Å². The second-order valence-electron chi connectivity index (χ2n) is 4.94. The number of H-pyrrole nitrogens is 1. The van der Waals surface area contributed by atoms with Crippen molar-refractivity contribution in [3.63, 3.8) is 0 Å². The molecule has 1 amide bonds. The van der Waals surface area contributed by atoms with Gasteiger partial charge in [-0.15, -0.1) is 0 Å². The number of aromatic amines is 1. The van der Waals surface area contributed by atoms with Crippen LogP contribution >= 0.6 is 0 Å². The van der Waals surface area contributed by atoms with Gasteiger partial charge in [-0.25, -0.2) is 4.98 Å². The molecule has 5 nitrogen and oxygen atoms in total. The highest BCUT2D eigenvalue weighted by Crippen LogP contribution is 2.12. The molecule has 94 valence electrons. The lowest BCUT2D eigenvalue weighted by atomic mass is 10.0. The monoisotopic (exact) mass is 236 g/mol. The van der Waals surface area contributed by atoms with E-state index in [1.54, 1.807) is 6.33 Å². The highest BCUT2D eigenvalue weighted by molar-refractivity contribution is 5.82. The summed E-state index contributed by atoms with van der Waals surface area (Å²) in [6.07, 6.45) is 3.38. The first kappa shape index (κ1) is 12.1. The Morgan fingerprint density at radius 3 is 3.24 bits per heavy atom. The summed E-state index contributed by atoms with van der Waals surface area (Å²) in [7, 11) is 0. The third kappa shape index (κ3) is 3.06. The van der Waals surface area contributed by atoms with Gasteiger partial charge < -0.3 is 10.3 Å². The molecule has 2 rings (SSSR count). The molecule has 0 aliphatic carbocycles. The Bertz CT molecular complexity index is 386. The lowest BCUT2D eigenvalue weighted by Crippen LogP contribution is -2.48. The fraction of sp³-hybridized carbons (Fsp3) is 0.667. The van der Waals surface area contributed by atoms with Crippen molar-refractivity contribution in [2.75, 3.05) is 6.54 Å². The molecule has 0 spiro atoms. The molecule has 17 heavy (non-hydrogen) atoms. The van der Waals surface area contributed by atoms with Crippen molar-refractivity contribution in [2.24, 2.45) is 5.92 Å². The number of aromatic nitrogens is 2. The molecule has 1 aromatic rings. The van der Waals surface area contributed by atoms with Gasteiger partial charge in [0.05, 0.1) is 23.8 Å². The van der Waals surface area contributed by atoms with Crippen LogP contribution in [0.2, 0.25) is 0 Å². The number of rotatable bonds is 4. The SMILES string of the molecule is CC(C)CCNC(=O)C1Cc2nc[nH]c2CN1. The van der Waals surface area contributed by atoms with Gasteiger partial charge in [0.15, 0.2) is 0 Å². The third-order valence-electron chi connectivity index (χ3n) is 3.07. The number of carbonyl (C=O) groups is 1. The first-order valence-corrected chi connectivity index (χ1v) is 6.19. The molecule has 0 aromatic carbocycles. The van der Waals surface area contributed by atoms with E-state index >= 15 is 0 Å². The number of imidazole rings is 1. The number of fused-ring (bicyclic) bond motifs is 1. The molecule has 3 N–H and O–H groups in total. The summed E-state index contributed by atoms with van der Waals surface area (Å²) in [6, 6.07) is -0.141. The normalized spacial score (nSPS) is 19.1. The lowest BCUT2D eigenvalue weighted by Gasteiger charge is -2.22. The van der Waals surface area contributed by atoms with Crippen molar-refractivity contribution in [2.45, 2.75) is 39.3 Å². The molecule has 1 aliphatic heterocycles. The first-order chi connectivity index (χ1) is 8.16. The molecular formula is C12H20N4O. The van der Waals surface area contributed by atoms with Gasteiger partial charge in [-0.2, -0.15) is 0 Å². The van der Waals surface area contributed by atoms with Crippen LogP contribution in [0.5, 0.6) is 0 Å². The fourth-order valence-electron chi connectivity index (χ4n) is 1.96. The van der Waals surface area contributed by atoms with E-state index < -0.39 is 0 Å². The average Bonchev–Trinajstić information content (AvgIpc) is 2.75. The van der Waals surface area contributed by atoms with E-state index in [9.17, 15) is 4.79 Å². The summed E-state index contributed by atoms with van der Waals surface area (Å²) in [6.45, 7) is 5.75. The fourth-order valence-corrected chi connectivity index (χ4v) is 1.96. The second kappa shape index (κ2) is 5.31. The molecule has 0 fully saturated rings. The predicted octanol–water partition coefficient (Wildman–Crippen LogP) is 0.586. The van der Waals surface area contributed by atoms with Crippen LogP contribution in [0.4, 0.5) is 0 Å². The number of hydrogen-bond acceptors (Lipinski definition) is 3. The molecule has 1 unspecified atom stereocenters. The van der Waals surface area contributed by atoms with Gasteiger partial charge >= 0.3 is 0 Å². The van der Waals surface area contributed by atoms with Crippen molar-refractivity contribution in [3.8, 4) is 0 Å². The zero-order chi connectivity index (χ0) is 12.3. The maximum Gasteiger partial charge on any atom is 0.237 e. The van der Waals surface area contributed by atoms with E-state index in [2.05, 4.69) is 34.4 Å². The van der Waals surface area contributed by atoms with Crippen LogP contribution in [0.25, 0.3) is 0 Å². The molecule has 5 heteroatoms. The smallest absolute Gasteiger partial charge is 0.237 e. The molecule has 1 atom stereocenters. The van der Waals surface area contributed by atoms with Gasteiger partial charge in [-0.3, -0.25) is 10.1 Å². The van der Waals surface area contributed by atoms with Crippen LogP contribution in [-0.2, 0) is 17.8 Å². The van der Waals surface area contributed by atoms with Crippen LogP contribution in [0.1, 0.15) is 31.7 Å². The number of carbonyl (C=O) groups excluding carboxylic acids is 1. The van der Waals surface area contributed by atoms with E-state index in [4.69, 9.17) is 0 Å². The first-order valence-electron chi connectivity index (χ1n) is 6.19. The Morgan fingerprint density at radius 1 is 1.65 bits per heavy atom. The van der Waals surface area contributed by atoms with E-state index in [1.165, 1.54) is 0 Å². The Hall–Kier alpha value is -1.36. The summed E-state index contributed by atoms with van der Waals surface area (Å²) in [5.41, 5.74) is 2.10. The summed E-state index contributed by atoms with van der Waals surface area (Å²) in [5, 5.41) is 6.18. The van der Waals surface area contributed by atoms with Crippen molar-refractivity contribution >= 4 is 5.91 Å². The standard InChI is InChI=1S/C12H20N4O/c1-8(2)3-4-13-12(17)10-5-9-11(6-14-10)16-7-15-9/h7-8,10,14H,3-6H2,1-2H3,(H,13,17)(H,15,16). The van der Waals surface area contributed by atoms with E-state index in [0.717, 1.165) is 24.4 Å². The maximum absolute atomic E-state index is 11.9. The summed E-state index contributed by atoms with van der Waals surface area (Å²) in [4.78, 5) is 19.2. The zero-order valence-electron chi connectivity index (χ0n) is 10.4. The summed E-state index contributed by atoms with van der Waals surface area (Å²) < 4.78 is 0. The number of amides is 1. The topological polar surface area (TPSA) is 69.8 Å². The van der Waals surface area contributed by atoms with Gasteiger partial charge in [0, 0.05) is 19.5 Å². The van der Waals surface area contributed by atoms with Crippen molar-refractivity contribution in [1.82, 2.24) is 20.6 Å². The Morgan fingerprint density at radius 2 is 2.47 bits per heavy atom. The third-order valence-corrected chi connectivity index (χ3v) is 3.07. The predicted molar refractivity (Wildman–Crippen MR) is 65.4 cm³/mol. The minimum atomic E-state index is -0.141. The minimum absolute atomic E-state index is 0.0827. The Kier molecular flexibility index (Phi) is 3.78. The highest BCUT2D eigenvalue weighted by Gasteiger charge is 2.25. The quantitative estimate of drug-likeness (QED) is 0.716. The van der Waals surface area contributed by atoms with E-state index in [0.29, 0.717) is 18.9 Å². The largest absolute Gasteiger partial charge is 0.355 e. The van der Waals surface area contributed by atoms with Crippen molar-refractivity contribution in [3.05, 3.63) is 17.7 Å². The van der Waals surface area contributed by atoms with E-state index in [-0.39, 0.29) is 11.9 Å². The molecule has 1 aliphatic rings. The lowest BCUT2D eigenvalue weighted by molar-refractivity contribution is -0.123. The van der Waals surface area contributed by atoms with Crippen LogP contribution in [0.3, 0.4) is 0 Å². The van der Waals surface area contributed by atoms with Gasteiger partial charge in [0.2, 0.25) is 5.91 Å². The average molecular weight is 236 g/mol. The second-order valence-corrected chi connectivity index (χ2v) is 4.94. The molecule has 0 radical (unpaired) electrons. The number of nitrogens with zero attached hydrogens (tertiary/aromatic N) is 1. The Labute approximate surface area is 101 Å². The summed E-state index contributed by atoms with van der Waals surface area (Å²) in [5.74, 6) is 0.701. The number of hydrogen-bond donors (Lipinski definition) is 3. The van der Waals surface area contributed by atoms with Gasteiger partial charge in [-0.05, 0) is 12.3 Å². The number of nitrogens with one attached hydrogen (secondary N) is 3. The van der Waals surface area contributed by atoms with Crippen LogP contribution in [0.15, 0.2) is 6.33 Å². The van der Waals surface area contributed by atoms with Crippen LogP contribution in [-0.4, -0.2) is 28.5 Å². The van der Waals surface area contributed by atoms with E-state index in [1.807, 2.05) is 0 Å². The molecule has 0 bridgehead atoms. The van der Waals surface area contributed by atoms with Gasteiger partial charge in [-0.1, -0.05) is 13.8 Å². The molecule has 2 heterocycles. The summed E-state index contributed by atoms with van der Waals surface area (Å²) >= 11 is 0.